The summed E-state index contributed by atoms with van der Waals surface area (Å²) >= 11 is 0. The predicted molar refractivity (Wildman–Crippen MR) is 102 cm³/mol. The number of aryl methyl sites for hydroxylation is 1. The van der Waals surface area contributed by atoms with E-state index in [4.69, 9.17) is 9.47 Å². The Morgan fingerprint density at radius 1 is 1.33 bits per heavy atom. The van der Waals surface area contributed by atoms with Crippen LogP contribution < -0.4 is 0 Å². The van der Waals surface area contributed by atoms with Crippen molar-refractivity contribution in [2.45, 2.75) is 57.6 Å². The Balaban J connectivity index is 1.96. The molecule has 1 aromatic carbocycles. The number of benzene rings is 1. The van der Waals surface area contributed by atoms with Gasteiger partial charge in [-0.15, -0.1) is 0 Å². The topological polar surface area (TPSA) is 55.8 Å². The van der Waals surface area contributed by atoms with Gasteiger partial charge in [-0.05, 0) is 56.2 Å². The standard InChI is InChI=1S/C22H27NO4/c1-4-20(24)27-22(13-10-17-8-5-7-16(2)15-17)12-6-9-19-18(22)11-14-23(19)21(25)26-3/h5,7-8,15,18-19H,4,6,9,11-12,14H2,1-3H3/t18-,19-,22-/m1/s1. The molecule has 1 aliphatic heterocycles. The van der Waals surface area contributed by atoms with E-state index in [0.29, 0.717) is 19.4 Å². The molecule has 5 heteroatoms. The smallest absolute Gasteiger partial charge is 0.409 e. The lowest BCUT2D eigenvalue weighted by molar-refractivity contribution is -0.162. The fraction of sp³-hybridized carbons (Fsp3) is 0.545. The minimum absolute atomic E-state index is 0.00247. The second kappa shape index (κ2) is 8.04. The number of fused-ring (bicyclic) bond motifs is 1. The van der Waals surface area contributed by atoms with Crippen molar-refractivity contribution in [3.8, 4) is 11.8 Å². The van der Waals surface area contributed by atoms with E-state index in [1.54, 1.807) is 11.8 Å². The van der Waals surface area contributed by atoms with E-state index in [-0.39, 0.29) is 24.0 Å². The average molecular weight is 369 g/mol. The zero-order valence-corrected chi connectivity index (χ0v) is 16.3. The fourth-order valence-corrected chi connectivity index (χ4v) is 4.34. The molecular formula is C22H27NO4. The highest BCUT2D eigenvalue weighted by Crippen LogP contribution is 2.45. The number of carbonyl (C=O) groups is 2. The van der Waals surface area contributed by atoms with Gasteiger partial charge >= 0.3 is 12.1 Å². The summed E-state index contributed by atoms with van der Waals surface area (Å²) in [5, 5.41) is 0. The maximum Gasteiger partial charge on any atom is 0.409 e. The van der Waals surface area contributed by atoms with Crippen LogP contribution in [0.4, 0.5) is 4.79 Å². The van der Waals surface area contributed by atoms with E-state index in [0.717, 1.165) is 30.4 Å². The van der Waals surface area contributed by atoms with E-state index >= 15 is 0 Å². The molecule has 0 radical (unpaired) electrons. The van der Waals surface area contributed by atoms with Crippen molar-refractivity contribution >= 4 is 12.1 Å². The third kappa shape index (κ3) is 3.95. The predicted octanol–water partition coefficient (Wildman–Crippen LogP) is 3.68. The zero-order chi connectivity index (χ0) is 19.4. The molecular weight excluding hydrogens is 342 g/mol. The van der Waals surface area contributed by atoms with Gasteiger partial charge in [0.15, 0.2) is 5.60 Å². The van der Waals surface area contributed by atoms with Gasteiger partial charge in [0.1, 0.15) is 0 Å². The molecule has 0 bridgehead atoms. The second-order valence-corrected chi connectivity index (χ2v) is 7.35. The Morgan fingerprint density at radius 3 is 2.85 bits per heavy atom. The molecule has 3 rings (SSSR count). The summed E-state index contributed by atoms with van der Waals surface area (Å²) in [6.07, 6.45) is 3.21. The normalized spacial score (nSPS) is 26.6. The lowest BCUT2D eigenvalue weighted by Gasteiger charge is -2.42. The lowest BCUT2D eigenvalue weighted by Crippen LogP contribution is -2.51. The quantitative estimate of drug-likeness (QED) is 0.589. The summed E-state index contributed by atoms with van der Waals surface area (Å²) in [6.45, 7) is 4.43. The summed E-state index contributed by atoms with van der Waals surface area (Å²) in [7, 11) is 1.40. The number of hydrogen-bond donors (Lipinski definition) is 0. The van der Waals surface area contributed by atoms with E-state index in [9.17, 15) is 9.59 Å². The van der Waals surface area contributed by atoms with Gasteiger partial charge in [-0.1, -0.05) is 25.0 Å². The third-order valence-electron chi connectivity index (χ3n) is 5.62. The number of methoxy groups -OCH3 is 1. The molecule has 3 atom stereocenters. The van der Waals surface area contributed by atoms with Crippen LogP contribution in [-0.2, 0) is 14.3 Å². The van der Waals surface area contributed by atoms with Crippen LogP contribution in [0.15, 0.2) is 24.3 Å². The molecule has 1 saturated carbocycles. The van der Waals surface area contributed by atoms with Crippen molar-refractivity contribution in [3.63, 3.8) is 0 Å². The number of rotatable bonds is 2. The van der Waals surface area contributed by atoms with Crippen molar-refractivity contribution in [1.29, 1.82) is 0 Å². The number of hydrogen-bond acceptors (Lipinski definition) is 4. The number of carbonyl (C=O) groups excluding carboxylic acids is 2. The molecule has 2 aliphatic rings. The van der Waals surface area contributed by atoms with E-state index in [1.165, 1.54) is 7.11 Å². The minimum atomic E-state index is -0.845. The van der Waals surface area contributed by atoms with Crippen LogP contribution in [0.2, 0.25) is 0 Å². The van der Waals surface area contributed by atoms with Gasteiger partial charge in [0.2, 0.25) is 0 Å². The molecule has 1 saturated heterocycles. The zero-order valence-electron chi connectivity index (χ0n) is 16.3. The Bertz CT molecular complexity index is 778. The van der Waals surface area contributed by atoms with Crippen LogP contribution in [0, 0.1) is 24.7 Å². The highest BCUT2D eigenvalue weighted by molar-refractivity contribution is 5.71. The number of esters is 1. The van der Waals surface area contributed by atoms with Crippen molar-refractivity contribution < 1.29 is 19.1 Å². The van der Waals surface area contributed by atoms with Crippen molar-refractivity contribution in [2.24, 2.45) is 5.92 Å². The van der Waals surface area contributed by atoms with Crippen LogP contribution in [0.3, 0.4) is 0 Å². The SMILES string of the molecule is CCC(=O)O[C@@]1(C#Cc2cccc(C)c2)CCC[C@@H]2[C@H]1CCN2C(=O)OC. The van der Waals surface area contributed by atoms with E-state index in [1.807, 2.05) is 31.2 Å². The Hall–Kier alpha value is -2.48. The third-order valence-corrected chi connectivity index (χ3v) is 5.62. The Morgan fingerprint density at radius 2 is 2.15 bits per heavy atom. The molecule has 1 aliphatic carbocycles. The van der Waals surface area contributed by atoms with Crippen molar-refractivity contribution in [2.75, 3.05) is 13.7 Å². The summed E-state index contributed by atoms with van der Waals surface area (Å²) in [4.78, 5) is 26.1. The lowest BCUT2D eigenvalue weighted by atomic mass is 9.72. The Kier molecular flexibility index (Phi) is 5.74. The van der Waals surface area contributed by atoms with Gasteiger partial charge in [0.25, 0.3) is 0 Å². The monoisotopic (exact) mass is 369 g/mol. The number of likely N-dealkylation sites (tertiary alicyclic amines) is 1. The molecule has 144 valence electrons. The first-order valence-electron chi connectivity index (χ1n) is 9.65. The van der Waals surface area contributed by atoms with Crippen LogP contribution in [0.25, 0.3) is 0 Å². The summed E-state index contributed by atoms with van der Waals surface area (Å²) in [6, 6.07) is 7.99. The molecule has 1 heterocycles. The first-order chi connectivity index (χ1) is 13.0. The molecule has 1 amide bonds. The van der Waals surface area contributed by atoms with Crippen LogP contribution in [0.5, 0.6) is 0 Å². The highest BCUT2D eigenvalue weighted by atomic mass is 16.6. The van der Waals surface area contributed by atoms with E-state index < -0.39 is 5.60 Å². The van der Waals surface area contributed by atoms with Crippen molar-refractivity contribution in [1.82, 2.24) is 4.90 Å². The van der Waals surface area contributed by atoms with Gasteiger partial charge in [-0.2, -0.15) is 0 Å². The molecule has 0 spiro atoms. The van der Waals surface area contributed by atoms with Crippen molar-refractivity contribution in [3.05, 3.63) is 35.4 Å². The first-order valence-corrected chi connectivity index (χ1v) is 9.65. The van der Waals surface area contributed by atoms with Gasteiger partial charge in [-0.3, -0.25) is 4.79 Å². The molecule has 5 nitrogen and oxygen atoms in total. The number of ether oxygens (including phenoxy) is 2. The van der Waals surface area contributed by atoms with Crippen LogP contribution in [0.1, 0.15) is 50.2 Å². The van der Waals surface area contributed by atoms with Crippen LogP contribution >= 0.6 is 0 Å². The van der Waals surface area contributed by atoms with Gasteiger partial charge in [0, 0.05) is 30.5 Å². The summed E-state index contributed by atoms with van der Waals surface area (Å²) in [5.74, 6) is 6.32. The van der Waals surface area contributed by atoms with Gasteiger partial charge < -0.3 is 14.4 Å². The largest absolute Gasteiger partial charge is 0.453 e. The number of nitrogens with zero attached hydrogens (tertiary/aromatic N) is 1. The fourth-order valence-electron chi connectivity index (χ4n) is 4.34. The summed E-state index contributed by atoms with van der Waals surface area (Å²) in [5.41, 5.74) is 1.20. The second-order valence-electron chi connectivity index (χ2n) is 7.35. The maximum atomic E-state index is 12.2. The Labute approximate surface area is 161 Å². The molecule has 0 aromatic heterocycles. The molecule has 1 aromatic rings. The van der Waals surface area contributed by atoms with Gasteiger partial charge in [-0.25, -0.2) is 4.79 Å². The maximum absolute atomic E-state index is 12.2. The highest BCUT2D eigenvalue weighted by Gasteiger charge is 2.53. The molecule has 0 unspecified atom stereocenters. The van der Waals surface area contributed by atoms with Gasteiger partial charge in [0.05, 0.1) is 7.11 Å². The average Bonchev–Trinajstić information content (AvgIpc) is 3.11. The number of amides is 1. The summed E-state index contributed by atoms with van der Waals surface area (Å²) < 4.78 is 10.9. The molecule has 2 fully saturated rings. The molecule has 27 heavy (non-hydrogen) atoms. The van der Waals surface area contributed by atoms with E-state index in [2.05, 4.69) is 11.8 Å². The van der Waals surface area contributed by atoms with Crippen LogP contribution in [-0.4, -0.2) is 42.3 Å². The minimum Gasteiger partial charge on any atom is -0.453 e. The first kappa shape index (κ1) is 19.3. The molecule has 0 N–H and O–H groups in total.